The molecular weight excluding hydrogens is 973 g/mol. The van der Waals surface area contributed by atoms with E-state index in [1.165, 1.54) is 95.6 Å². The first-order valence-electron chi connectivity index (χ1n) is 22.5. The number of para-hydroxylation sites is 2. The van der Waals surface area contributed by atoms with Crippen LogP contribution in [0.3, 0.4) is 0 Å². The van der Waals surface area contributed by atoms with Crippen LogP contribution in [0.5, 0.6) is 23.0 Å². The number of hydrogen-bond donors (Lipinski definition) is 4. The van der Waals surface area contributed by atoms with E-state index in [9.17, 15) is 29.8 Å². The van der Waals surface area contributed by atoms with Crippen LogP contribution >= 0.6 is 47.0 Å². The zero-order valence-corrected chi connectivity index (χ0v) is 41.9. The molecule has 0 radical (unpaired) electrons. The largest absolute Gasteiger partial charge is 0.491 e. The van der Waals surface area contributed by atoms with E-state index in [4.69, 9.17) is 18.9 Å². The summed E-state index contributed by atoms with van der Waals surface area (Å²) in [6.45, 7) is 9.64. The number of ether oxygens (including phenoxy) is 4. The summed E-state index contributed by atoms with van der Waals surface area (Å²) < 4.78 is 26.6. The molecule has 1 aliphatic rings. The first-order valence-corrected chi connectivity index (χ1v) is 25.7. The van der Waals surface area contributed by atoms with E-state index in [1.807, 2.05) is 88.4 Å². The highest BCUT2D eigenvalue weighted by Gasteiger charge is 2.27. The van der Waals surface area contributed by atoms with Crippen molar-refractivity contribution in [3.05, 3.63) is 129 Å². The molecule has 16 nitrogen and oxygen atoms in total. The molecule has 364 valence electrons. The van der Waals surface area contributed by atoms with Gasteiger partial charge in [0, 0.05) is 35.6 Å². The monoisotopic (exact) mass is 1020 g/mol. The fourth-order valence-corrected chi connectivity index (χ4v) is 11.3. The van der Waals surface area contributed by atoms with Gasteiger partial charge >= 0.3 is 12.1 Å². The van der Waals surface area contributed by atoms with Crippen molar-refractivity contribution in [1.29, 1.82) is 0 Å². The minimum Gasteiger partial charge on any atom is -0.491 e. The molecule has 0 aliphatic carbocycles. The van der Waals surface area contributed by atoms with Crippen molar-refractivity contribution in [2.75, 3.05) is 47.7 Å². The lowest BCUT2D eigenvalue weighted by Crippen LogP contribution is -2.20. The smallest absolute Gasteiger partial charge is 0.323 e. The molecule has 0 aromatic heterocycles. The van der Waals surface area contributed by atoms with Gasteiger partial charge in [-0.3, -0.25) is 20.2 Å². The quantitative estimate of drug-likeness (QED) is 0.0466. The van der Waals surface area contributed by atoms with E-state index in [0.717, 1.165) is 42.2 Å². The summed E-state index contributed by atoms with van der Waals surface area (Å²) in [4.78, 5) is 54.8. The second-order valence-corrected chi connectivity index (χ2v) is 19.5. The van der Waals surface area contributed by atoms with Crippen LogP contribution in [-0.4, -0.2) is 48.3 Å². The summed E-state index contributed by atoms with van der Waals surface area (Å²) in [5.74, 6) is 2.27. The van der Waals surface area contributed by atoms with Crippen LogP contribution in [-0.2, 0) is 0 Å². The minimum atomic E-state index is -0.566. The molecule has 20 heteroatoms. The summed E-state index contributed by atoms with van der Waals surface area (Å²) in [5.41, 5.74) is 1.44. The summed E-state index contributed by atoms with van der Waals surface area (Å²) in [6, 6.07) is 29.2. The first kappa shape index (κ1) is 51.1. The molecule has 0 unspecified atom stereocenters. The van der Waals surface area contributed by atoms with Gasteiger partial charge in [-0.1, -0.05) is 86.9 Å². The normalized spacial score (nSPS) is 11.7. The predicted molar refractivity (Wildman–Crippen MR) is 277 cm³/mol. The van der Waals surface area contributed by atoms with Gasteiger partial charge in [0.15, 0.2) is 0 Å². The number of fused-ring (bicyclic) bond motifs is 8. The lowest BCUT2D eigenvalue weighted by atomic mass is 10.2. The first-order chi connectivity index (χ1) is 34.0. The van der Waals surface area contributed by atoms with E-state index in [-0.39, 0.29) is 11.4 Å². The van der Waals surface area contributed by atoms with Crippen molar-refractivity contribution in [2.45, 2.75) is 92.5 Å². The number of nitro benzene ring substituents is 2. The predicted octanol–water partition coefficient (Wildman–Crippen LogP) is 14.9. The fraction of sp³-hybridized carbons (Fsp3) is 0.240. The van der Waals surface area contributed by atoms with Crippen molar-refractivity contribution in [3.8, 4) is 23.0 Å². The maximum atomic E-state index is 13.7. The number of hydrogen-bond acceptors (Lipinski definition) is 14. The highest BCUT2D eigenvalue weighted by molar-refractivity contribution is 8.01. The van der Waals surface area contributed by atoms with Crippen LogP contribution in [0.1, 0.15) is 53.4 Å². The standard InChI is InChI=1S/C50H50N6O10S4/c1-5-27-63-43-37-11-9-13-39(43)69-47-35(53-49(57)51-31-15-19-33(20-16-31)55(59)60)24-26-42(46(47)66-30-8-4)68-38-12-10-14-40(44(38)64-28-6-2)70-48-36(23-25-41(67-37)45(48)65-29-7-3)54-50(58)52-32-17-21-34(22-18-32)56(61)62/h9-26H,5-8,27-30H2,1-4H3,(H2,51,53,57)(H2,52,54,58). The molecule has 4 N–H and O–H groups in total. The number of benzene rings is 6. The number of amides is 4. The number of anilines is 4. The van der Waals surface area contributed by atoms with Crippen LogP contribution in [0.4, 0.5) is 43.7 Å². The zero-order valence-electron chi connectivity index (χ0n) is 38.7. The number of carbonyl (C=O) groups excluding carboxylic acids is 2. The Morgan fingerprint density at radius 2 is 0.743 bits per heavy atom. The van der Waals surface area contributed by atoms with Gasteiger partial charge < -0.3 is 40.2 Å². The van der Waals surface area contributed by atoms with Crippen molar-refractivity contribution >= 4 is 93.2 Å². The van der Waals surface area contributed by atoms with Gasteiger partial charge in [-0.15, -0.1) is 0 Å². The van der Waals surface area contributed by atoms with E-state index in [1.54, 1.807) is 0 Å². The second-order valence-electron chi connectivity index (χ2n) is 15.3. The number of nitrogens with one attached hydrogen (secondary N) is 4. The van der Waals surface area contributed by atoms with Gasteiger partial charge in [0.1, 0.15) is 23.0 Å². The van der Waals surface area contributed by atoms with Gasteiger partial charge in [0.05, 0.1) is 86.8 Å². The molecule has 8 bridgehead atoms. The number of nitrogens with zero attached hydrogens (tertiary/aromatic N) is 2. The van der Waals surface area contributed by atoms with Crippen LogP contribution in [0.15, 0.2) is 148 Å². The Balaban J connectivity index is 1.39. The van der Waals surface area contributed by atoms with Crippen molar-refractivity contribution in [2.24, 2.45) is 0 Å². The third-order valence-electron chi connectivity index (χ3n) is 9.87. The molecule has 70 heavy (non-hydrogen) atoms. The Morgan fingerprint density at radius 3 is 1.07 bits per heavy atom. The van der Waals surface area contributed by atoms with Crippen molar-refractivity contribution in [1.82, 2.24) is 0 Å². The SMILES string of the molecule is CCCOc1c2cccc1Sc1c(NC(=O)Nc3ccc([N+](=O)[O-])cc3)ccc(c1OCCC)Sc1cccc(c1OCCC)Sc1c(NC(=O)Nc3ccc([N+](=O)[O-])cc3)ccc(c1OCCC)S2. The summed E-state index contributed by atoms with van der Waals surface area (Å²) in [6.07, 6.45) is 2.85. The third-order valence-corrected chi connectivity index (χ3v) is 14.3. The second kappa shape index (κ2) is 24.7. The van der Waals surface area contributed by atoms with E-state index in [0.29, 0.717) is 94.8 Å². The van der Waals surface area contributed by atoms with Crippen LogP contribution in [0, 0.1) is 20.2 Å². The number of nitro groups is 2. The molecule has 0 atom stereocenters. The highest BCUT2D eigenvalue weighted by Crippen LogP contribution is 2.56. The summed E-state index contributed by atoms with van der Waals surface area (Å²) in [5, 5.41) is 34.2. The molecule has 0 fully saturated rings. The lowest BCUT2D eigenvalue weighted by molar-refractivity contribution is -0.385. The third kappa shape index (κ3) is 12.9. The highest BCUT2D eigenvalue weighted by atomic mass is 32.2. The molecule has 1 heterocycles. The molecule has 7 rings (SSSR count). The lowest BCUT2D eigenvalue weighted by Gasteiger charge is -2.24. The fourth-order valence-electron chi connectivity index (χ4n) is 6.70. The van der Waals surface area contributed by atoms with Gasteiger partial charge in [-0.05, 0) is 98.5 Å². The zero-order chi connectivity index (χ0) is 49.6. The minimum absolute atomic E-state index is 0.0997. The van der Waals surface area contributed by atoms with E-state index < -0.39 is 21.9 Å². The van der Waals surface area contributed by atoms with Gasteiger partial charge in [0.25, 0.3) is 11.4 Å². The molecule has 0 saturated carbocycles. The maximum absolute atomic E-state index is 13.7. The molecule has 6 aromatic carbocycles. The number of non-ortho nitro benzene ring substituents is 2. The number of rotatable bonds is 18. The van der Waals surface area contributed by atoms with Gasteiger partial charge in [-0.2, -0.15) is 0 Å². The number of carbonyl (C=O) groups is 2. The summed E-state index contributed by atoms with van der Waals surface area (Å²) in [7, 11) is 0. The summed E-state index contributed by atoms with van der Waals surface area (Å²) >= 11 is 5.66. The number of urea groups is 2. The van der Waals surface area contributed by atoms with E-state index in [2.05, 4.69) is 21.3 Å². The molecular formula is C50H50N6O10S4. The van der Waals surface area contributed by atoms with Crippen molar-refractivity contribution in [3.63, 3.8) is 0 Å². The van der Waals surface area contributed by atoms with Crippen LogP contribution in [0.25, 0.3) is 0 Å². The maximum Gasteiger partial charge on any atom is 0.323 e. The van der Waals surface area contributed by atoms with Crippen LogP contribution < -0.4 is 40.2 Å². The van der Waals surface area contributed by atoms with Gasteiger partial charge in [-0.25, -0.2) is 9.59 Å². The Kier molecular flexibility index (Phi) is 18.0. The molecule has 0 saturated heterocycles. The molecule has 6 aromatic rings. The topological polar surface area (TPSA) is 205 Å². The average molecular weight is 1020 g/mol. The molecule has 4 amide bonds. The molecule has 0 spiro atoms. The Hall–Kier alpha value is -6.74. The van der Waals surface area contributed by atoms with Crippen LogP contribution in [0.2, 0.25) is 0 Å². The van der Waals surface area contributed by atoms with Gasteiger partial charge in [0.2, 0.25) is 0 Å². The van der Waals surface area contributed by atoms with E-state index >= 15 is 0 Å². The average Bonchev–Trinajstić information content (AvgIpc) is 3.34. The Morgan fingerprint density at radius 1 is 0.429 bits per heavy atom. The Bertz CT molecular complexity index is 2660. The molecule has 1 aliphatic heterocycles. The Labute approximate surface area is 422 Å². The van der Waals surface area contributed by atoms with Crippen molar-refractivity contribution < 1.29 is 38.4 Å².